The number of pyridine rings is 1. The molecule has 0 saturated heterocycles. The highest BCUT2D eigenvalue weighted by Crippen LogP contribution is 2.31. The summed E-state index contributed by atoms with van der Waals surface area (Å²) in [5.41, 5.74) is 0.784. The van der Waals surface area contributed by atoms with Gasteiger partial charge in [0.25, 0.3) is 0 Å². The molecule has 0 fully saturated rings. The van der Waals surface area contributed by atoms with Crippen molar-refractivity contribution in [3.05, 3.63) is 77.6 Å². The van der Waals surface area contributed by atoms with E-state index in [0.29, 0.717) is 12.2 Å². The van der Waals surface area contributed by atoms with Crippen LogP contribution in [0.2, 0.25) is 0 Å². The Balaban J connectivity index is 1.71. The number of carbonyl (C=O) groups excluding carboxylic acids is 3. The van der Waals surface area contributed by atoms with E-state index in [2.05, 4.69) is 4.98 Å². The zero-order valence-corrected chi connectivity index (χ0v) is 25.1. The molecule has 3 atom stereocenters. The zero-order valence-electron chi connectivity index (χ0n) is 25.1. The molecule has 0 spiro atoms. The molecule has 10 nitrogen and oxygen atoms in total. The molecule has 0 unspecified atom stereocenters. The van der Waals surface area contributed by atoms with E-state index in [1.54, 1.807) is 26.2 Å². The van der Waals surface area contributed by atoms with Crippen LogP contribution in [0.3, 0.4) is 0 Å². The van der Waals surface area contributed by atoms with Crippen molar-refractivity contribution >= 4 is 17.7 Å². The van der Waals surface area contributed by atoms with Crippen LogP contribution in [0.15, 0.2) is 54.7 Å². The molecule has 0 saturated carbocycles. The van der Waals surface area contributed by atoms with Gasteiger partial charge in [0.1, 0.15) is 17.7 Å². The van der Waals surface area contributed by atoms with Gasteiger partial charge in [0.2, 0.25) is 6.79 Å². The van der Waals surface area contributed by atoms with Crippen molar-refractivity contribution in [1.82, 2.24) is 4.98 Å². The maximum absolute atomic E-state index is 14.2. The lowest BCUT2D eigenvalue weighted by Crippen LogP contribution is -2.32. The van der Waals surface area contributed by atoms with E-state index in [1.165, 1.54) is 39.3 Å². The number of carbonyl (C=O) groups is 3. The maximum Gasteiger partial charge on any atom is 0.309 e. The Morgan fingerprint density at radius 3 is 2.27 bits per heavy atom. The molecular formula is C32H35F2NO9. The van der Waals surface area contributed by atoms with E-state index in [1.807, 2.05) is 12.1 Å². The largest absolute Gasteiger partial charge is 0.497 e. The Morgan fingerprint density at radius 2 is 1.64 bits per heavy atom. The number of rotatable bonds is 16. The number of halogens is 2. The monoisotopic (exact) mass is 615 g/mol. The van der Waals surface area contributed by atoms with Gasteiger partial charge in [0.15, 0.2) is 34.5 Å². The Hall–Kier alpha value is -4.74. The first kappa shape index (κ1) is 33.8. The van der Waals surface area contributed by atoms with Crippen LogP contribution in [0.5, 0.6) is 23.0 Å². The van der Waals surface area contributed by atoms with Crippen LogP contribution in [0.25, 0.3) is 0 Å². The second-order valence-corrected chi connectivity index (χ2v) is 9.96. The smallest absolute Gasteiger partial charge is 0.309 e. The van der Waals surface area contributed by atoms with Crippen LogP contribution < -0.4 is 18.9 Å². The Bertz CT molecular complexity index is 1430. The number of nitrogens with zero attached hydrogens (tertiary/aromatic N) is 1. The molecule has 0 bridgehead atoms. The van der Waals surface area contributed by atoms with Gasteiger partial charge in [-0.1, -0.05) is 19.1 Å². The van der Waals surface area contributed by atoms with E-state index < -0.39 is 54.1 Å². The van der Waals surface area contributed by atoms with Crippen LogP contribution in [-0.2, 0) is 25.5 Å². The van der Waals surface area contributed by atoms with Crippen molar-refractivity contribution in [3.8, 4) is 23.0 Å². The number of hydrogen-bond donors (Lipinski definition) is 0. The van der Waals surface area contributed by atoms with Gasteiger partial charge >= 0.3 is 11.9 Å². The van der Waals surface area contributed by atoms with Gasteiger partial charge in [0.05, 0.1) is 26.7 Å². The highest BCUT2D eigenvalue weighted by Gasteiger charge is 2.29. The standard InChI is InChI=1S/C32H35F2NO9/c1-19(14-27(37)30-31(43-18-42-21(3)36)29(40-5)12-13-35-30)32(38)44-20(2)23(15-22-6-9-25(39-4)10-7-22)17-41-28-11-8-24(33)16-26(28)34/h6-13,16,19-20,23H,14-15,17-18H2,1-5H3/t19-,20+,23-/m1/s1. The molecule has 44 heavy (non-hydrogen) atoms. The fraction of sp³-hybridized carbons (Fsp3) is 0.375. The summed E-state index contributed by atoms with van der Waals surface area (Å²) in [5, 5.41) is 0. The molecule has 0 amide bonds. The lowest BCUT2D eigenvalue weighted by molar-refractivity contribution is -0.155. The van der Waals surface area contributed by atoms with Gasteiger partial charge in [-0.15, -0.1) is 0 Å². The minimum Gasteiger partial charge on any atom is -0.497 e. The first-order valence-electron chi connectivity index (χ1n) is 13.8. The van der Waals surface area contributed by atoms with E-state index in [0.717, 1.165) is 17.7 Å². The lowest BCUT2D eigenvalue weighted by atomic mass is 9.95. The molecule has 12 heteroatoms. The number of Topliss-reactive ketones (excluding diaryl/α,β-unsaturated/α-hetero) is 1. The fourth-order valence-corrected chi connectivity index (χ4v) is 4.17. The van der Waals surface area contributed by atoms with Gasteiger partial charge in [-0.25, -0.2) is 13.8 Å². The lowest BCUT2D eigenvalue weighted by Gasteiger charge is -2.26. The highest BCUT2D eigenvalue weighted by atomic mass is 19.1. The van der Waals surface area contributed by atoms with Crippen LogP contribution in [0.4, 0.5) is 8.78 Å². The number of ketones is 1. The quantitative estimate of drug-likeness (QED) is 0.118. The van der Waals surface area contributed by atoms with Crippen molar-refractivity contribution in [2.24, 2.45) is 11.8 Å². The number of methoxy groups -OCH3 is 2. The summed E-state index contributed by atoms with van der Waals surface area (Å²) >= 11 is 0. The third-order valence-electron chi connectivity index (χ3n) is 6.68. The molecule has 236 valence electrons. The summed E-state index contributed by atoms with van der Waals surface area (Å²) in [6.45, 7) is 3.91. The van der Waals surface area contributed by atoms with Crippen molar-refractivity contribution < 1.29 is 51.6 Å². The molecular weight excluding hydrogens is 580 g/mol. The minimum absolute atomic E-state index is 0.0279. The third-order valence-corrected chi connectivity index (χ3v) is 6.68. The van der Waals surface area contributed by atoms with Gasteiger partial charge < -0.3 is 28.4 Å². The number of esters is 2. The molecule has 0 aliphatic heterocycles. The number of ether oxygens (including phenoxy) is 6. The van der Waals surface area contributed by atoms with Gasteiger partial charge in [0, 0.05) is 37.6 Å². The van der Waals surface area contributed by atoms with Crippen LogP contribution in [-0.4, -0.2) is 56.4 Å². The van der Waals surface area contributed by atoms with Crippen molar-refractivity contribution in [1.29, 1.82) is 0 Å². The van der Waals surface area contributed by atoms with E-state index in [4.69, 9.17) is 28.4 Å². The molecule has 3 aromatic rings. The van der Waals surface area contributed by atoms with Gasteiger partial charge in [-0.2, -0.15) is 0 Å². The summed E-state index contributed by atoms with van der Waals surface area (Å²) in [7, 11) is 2.93. The maximum atomic E-state index is 14.2. The predicted molar refractivity (Wildman–Crippen MR) is 154 cm³/mol. The number of aromatic nitrogens is 1. The first-order valence-corrected chi connectivity index (χ1v) is 13.8. The van der Waals surface area contributed by atoms with Crippen LogP contribution in [0.1, 0.15) is 43.2 Å². The fourth-order valence-electron chi connectivity index (χ4n) is 4.17. The third kappa shape index (κ3) is 9.65. The van der Waals surface area contributed by atoms with E-state index in [9.17, 15) is 23.2 Å². The topological polar surface area (TPSA) is 119 Å². The Labute approximate surface area is 254 Å². The van der Waals surface area contributed by atoms with Crippen molar-refractivity contribution in [2.45, 2.75) is 39.7 Å². The molecule has 0 N–H and O–H groups in total. The second-order valence-electron chi connectivity index (χ2n) is 9.96. The van der Waals surface area contributed by atoms with E-state index >= 15 is 0 Å². The normalized spacial score (nSPS) is 12.8. The predicted octanol–water partition coefficient (Wildman–Crippen LogP) is 5.35. The summed E-state index contributed by atoms with van der Waals surface area (Å²) in [4.78, 5) is 41.5. The highest BCUT2D eigenvalue weighted by molar-refractivity contribution is 5.99. The Kier molecular flexibility index (Phi) is 12.4. The van der Waals surface area contributed by atoms with Gasteiger partial charge in [-0.05, 0) is 43.2 Å². The molecule has 1 heterocycles. The molecule has 1 aromatic heterocycles. The van der Waals surface area contributed by atoms with Crippen molar-refractivity contribution in [2.75, 3.05) is 27.6 Å². The summed E-state index contributed by atoms with van der Waals surface area (Å²) in [5.74, 6) is -3.97. The second kappa shape index (κ2) is 16.2. The minimum atomic E-state index is -0.878. The number of benzene rings is 2. The van der Waals surface area contributed by atoms with Gasteiger partial charge in [-0.3, -0.25) is 14.4 Å². The molecule has 2 aromatic carbocycles. The van der Waals surface area contributed by atoms with Crippen LogP contribution >= 0.6 is 0 Å². The summed E-state index contributed by atoms with van der Waals surface area (Å²) in [6.07, 6.45) is 0.758. The summed E-state index contributed by atoms with van der Waals surface area (Å²) < 4.78 is 59.7. The Morgan fingerprint density at radius 1 is 0.909 bits per heavy atom. The molecule has 3 rings (SSSR count). The molecule has 0 radical (unpaired) electrons. The van der Waals surface area contributed by atoms with E-state index in [-0.39, 0.29) is 36.0 Å². The van der Waals surface area contributed by atoms with Crippen LogP contribution in [0, 0.1) is 23.5 Å². The molecule has 0 aliphatic carbocycles. The van der Waals surface area contributed by atoms with Crippen molar-refractivity contribution in [3.63, 3.8) is 0 Å². The average molecular weight is 616 g/mol. The number of hydrogen-bond acceptors (Lipinski definition) is 10. The average Bonchev–Trinajstić information content (AvgIpc) is 2.99. The summed E-state index contributed by atoms with van der Waals surface area (Å²) in [6, 6.07) is 11.7. The first-order chi connectivity index (χ1) is 21.0. The molecule has 0 aliphatic rings. The SMILES string of the molecule is COc1ccc(C[C@H](COc2ccc(F)cc2F)[C@H](C)OC(=O)[C@H](C)CC(=O)c2nccc(OC)c2OCOC(C)=O)cc1. The zero-order chi connectivity index (χ0) is 32.2.